The second kappa shape index (κ2) is 9.23. The van der Waals surface area contributed by atoms with Crippen LogP contribution in [-0.2, 0) is 4.79 Å². The summed E-state index contributed by atoms with van der Waals surface area (Å²) in [5, 5.41) is 12.0. The van der Waals surface area contributed by atoms with Gasteiger partial charge in [-0.05, 0) is 35.4 Å². The number of halogens is 2. The number of amides is 2. The van der Waals surface area contributed by atoms with Crippen LogP contribution in [-0.4, -0.2) is 51.7 Å². The van der Waals surface area contributed by atoms with E-state index in [1.807, 2.05) is 0 Å². The molecular formula is C24H19F2N5O3. The number of hydrogen-bond donors (Lipinski definition) is 2. The van der Waals surface area contributed by atoms with Crippen LogP contribution in [0.15, 0.2) is 53.6 Å². The molecule has 1 aliphatic heterocycles. The zero-order valence-electron chi connectivity index (χ0n) is 17.8. The monoisotopic (exact) mass is 463 g/mol. The van der Waals surface area contributed by atoms with Gasteiger partial charge in [-0.15, -0.1) is 0 Å². The summed E-state index contributed by atoms with van der Waals surface area (Å²) in [4.78, 5) is 44.2. The lowest BCUT2D eigenvalue weighted by atomic mass is 10.0. The predicted octanol–water partition coefficient (Wildman–Crippen LogP) is 2.58. The topological polar surface area (TPSA) is 119 Å². The molecule has 2 aromatic heterocycles. The van der Waals surface area contributed by atoms with E-state index in [1.165, 1.54) is 24.5 Å². The normalized spacial score (nSPS) is 17.1. The summed E-state index contributed by atoms with van der Waals surface area (Å²) in [5.41, 5.74) is 2.04. The molecule has 2 amide bonds. The Morgan fingerprint density at radius 2 is 2.00 bits per heavy atom. The van der Waals surface area contributed by atoms with Crippen molar-refractivity contribution in [2.75, 3.05) is 13.1 Å². The maximum atomic E-state index is 13.6. The van der Waals surface area contributed by atoms with E-state index in [9.17, 15) is 23.2 Å². The molecule has 1 unspecified atom stereocenters. The lowest BCUT2D eigenvalue weighted by Crippen LogP contribution is -2.43. The summed E-state index contributed by atoms with van der Waals surface area (Å²) < 4.78 is 27.2. The van der Waals surface area contributed by atoms with Crippen molar-refractivity contribution in [1.82, 2.24) is 20.2 Å². The second-order valence-electron chi connectivity index (χ2n) is 7.86. The van der Waals surface area contributed by atoms with Gasteiger partial charge < -0.3 is 15.2 Å². The molecule has 34 heavy (non-hydrogen) atoms. The molecule has 4 rings (SSSR count). The summed E-state index contributed by atoms with van der Waals surface area (Å²) in [5.74, 6) is -4.45. The van der Waals surface area contributed by atoms with Crippen molar-refractivity contribution in [3.63, 3.8) is 0 Å². The minimum absolute atomic E-state index is 0.225. The number of carbonyl (C=O) groups is 2. The molecule has 3 heterocycles. The molecule has 0 spiro atoms. The Morgan fingerprint density at radius 3 is 2.74 bits per heavy atom. The van der Waals surface area contributed by atoms with Crippen LogP contribution in [0.3, 0.4) is 0 Å². The Hall–Kier alpha value is -4.39. The smallest absolute Gasteiger partial charge is 0.268 e. The van der Waals surface area contributed by atoms with Crippen molar-refractivity contribution in [3.05, 3.63) is 75.8 Å². The number of pyridine rings is 2. The van der Waals surface area contributed by atoms with Crippen molar-refractivity contribution in [1.29, 1.82) is 5.26 Å². The van der Waals surface area contributed by atoms with E-state index >= 15 is 0 Å². The highest BCUT2D eigenvalue weighted by molar-refractivity contribution is 6.07. The standard InChI is InChI=1S/C24H19F2N5O3/c25-24(26)11-17(12-27)31(14-24)22(33)13-30-23(34)18-6-8-28-20-4-3-15(9-19(18)20)1-2-16-5-7-29-21(32)10-16/h1-10,17H,11,13-14H2,(H,29,32)(H,30,34)/b2-1+. The molecular weight excluding hydrogens is 444 g/mol. The van der Waals surface area contributed by atoms with Crippen LogP contribution in [0.1, 0.15) is 27.9 Å². The molecule has 0 radical (unpaired) electrons. The zero-order chi connectivity index (χ0) is 24.3. The van der Waals surface area contributed by atoms with E-state index in [1.54, 1.807) is 42.5 Å². The molecule has 0 aliphatic carbocycles. The van der Waals surface area contributed by atoms with Crippen LogP contribution in [0.4, 0.5) is 8.78 Å². The van der Waals surface area contributed by atoms with Gasteiger partial charge in [-0.1, -0.05) is 18.2 Å². The first-order valence-corrected chi connectivity index (χ1v) is 10.4. The van der Waals surface area contributed by atoms with Gasteiger partial charge in [0.1, 0.15) is 6.04 Å². The number of nitrogens with one attached hydrogen (secondary N) is 2. The van der Waals surface area contributed by atoms with Gasteiger partial charge in [-0.25, -0.2) is 8.78 Å². The van der Waals surface area contributed by atoms with E-state index in [-0.39, 0.29) is 11.1 Å². The Kier molecular flexibility index (Phi) is 6.19. The fraction of sp³-hybridized carbons (Fsp3) is 0.208. The van der Waals surface area contributed by atoms with Crippen LogP contribution >= 0.6 is 0 Å². The molecule has 0 saturated carbocycles. The third kappa shape index (κ3) is 4.99. The van der Waals surface area contributed by atoms with Crippen molar-refractivity contribution < 1.29 is 18.4 Å². The molecule has 2 N–H and O–H groups in total. The number of nitrogens with zero attached hydrogens (tertiary/aromatic N) is 3. The second-order valence-corrected chi connectivity index (χ2v) is 7.86. The first-order valence-electron chi connectivity index (χ1n) is 10.4. The number of H-pyrrole nitrogens is 1. The number of aromatic nitrogens is 2. The van der Waals surface area contributed by atoms with E-state index in [4.69, 9.17) is 5.26 Å². The van der Waals surface area contributed by atoms with E-state index in [0.29, 0.717) is 16.5 Å². The van der Waals surface area contributed by atoms with E-state index < -0.39 is 43.3 Å². The van der Waals surface area contributed by atoms with Gasteiger partial charge in [-0.2, -0.15) is 5.26 Å². The van der Waals surface area contributed by atoms with E-state index in [0.717, 1.165) is 10.5 Å². The Morgan fingerprint density at radius 1 is 1.24 bits per heavy atom. The minimum atomic E-state index is -3.13. The van der Waals surface area contributed by atoms with Crippen LogP contribution < -0.4 is 10.9 Å². The third-order valence-electron chi connectivity index (χ3n) is 5.42. The number of likely N-dealkylation sites (tertiary alicyclic amines) is 1. The Labute approximate surface area is 192 Å². The number of alkyl halides is 2. The predicted molar refractivity (Wildman–Crippen MR) is 121 cm³/mol. The highest BCUT2D eigenvalue weighted by Gasteiger charge is 2.47. The maximum absolute atomic E-state index is 13.6. The Balaban J connectivity index is 1.51. The summed E-state index contributed by atoms with van der Waals surface area (Å²) in [6.45, 7) is -1.36. The number of nitriles is 1. The number of hydrogen-bond acceptors (Lipinski definition) is 5. The highest BCUT2D eigenvalue weighted by atomic mass is 19.3. The van der Waals surface area contributed by atoms with Crippen LogP contribution in [0.2, 0.25) is 0 Å². The number of fused-ring (bicyclic) bond motifs is 1. The van der Waals surface area contributed by atoms with Crippen LogP contribution in [0.5, 0.6) is 0 Å². The molecule has 172 valence electrons. The van der Waals surface area contributed by atoms with Crippen molar-refractivity contribution in [2.24, 2.45) is 0 Å². The van der Waals surface area contributed by atoms with Crippen molar-refractivity contribution in [2.45, 2.75) is 18.4 Å². The molecule has 1 saturated heterocycles. The summed E-state index contributed by atoms with van der Waals surface area (Å²) in [6.07, 6.45) is 5.81. The molecule has 10 heteroatoms. The van der Waals surface area contributed by atoms with Gasteiger partial charge in [0.15, 0.2) is 0 Å². The average Bonchev–Trinajstić information content (AvgIpc) is 3.15. The quantitative estimate of drug-likeness (QED) is 0.603. The fourth-order valence-corrected chi connectivity index (χ4v) is 3.77. The third-order valence-corrected chi connectivity index (χ3v) is 5.42. The minimum Gasteiger partial charge on any atom is -0.343 e. The van der Waals surface area contributed by atoms with Gasteiger partial charge in [0.2, 0.25) is 11.5 Å². The highest BCUT2D eigenvalue weighted by Crippen LogP contribution is 2.31. The first kappa shape index (κ1) is 22.8. The number of rotatable bonds is 5. The summed E-state index contributed by atoms with van der Waals surface area (Å²) in [6, 6.07) is 10.4. The van der Waals surface area contributed by atoms with Gasteiger partial charge in [-0.3, -0.25) is 19.4 Å². The molecule has 0 bridgehead atoms. The van der Waals surface area contributed by atoms with Gasteiger partial charge >= 0.3 is 0 Å². The molecule has 1 aliphatic rings. The molecule has 8 nitrogen and oxygen atoms in total. The maximum Gasteiger partial charge on any atom is 0.268 e. The number of benzene rings is 1. The summed E-state index contributed by atoms with van der Waals surface area (Å²) in [7, 11) is 0. The van der Waals surface area contributed by atoms with E-state index in [2.05, 4.69) is 15.3 Å². The lowest BCUT2D eigenvalue weighted by Gasteiger charge is -2.19. The SMILES string of the molecule is N#CC1CC(F)(F)CN1C(=O)CNC(=O)c1ccnc2ccc(/C=C/c3cc[nH]c(=O)c3)cc12. The molecule has 3 aromatic rings. The molecule has 1 atom stereocenters. The Bertz CT molecular complexity index is 1390. The number of aromatic amines is 1. The largest absolute Gasteiger partial charge is 0.343 e. The van der Waals surface area contributed by atoms with Gasteiger partial charge in [0.05, 0.1) is 30.2 Å². The van der Waals surface area contributed by atoms with Crippen LogP contribution in [0, 0.1) is 11.3 Å². The van der Waals surface area contributed by atoms with Gasteiger partial charge in [0.25, 0.3) is 11.8 Å². The van der Waals surface area contributed by atoms with Crippen molar-refractivity contribution >= 4 is 34.9 Å². The van der Waals surface area contributed by atoms with Crippen LogP contribution in [0.25, 0.3) is 23.1 Å². The zero-order valence-corrected chi connectivity index (χ0v) is 17.8. The van der Waals surface area contributed by atoms with Gasteiger partial charge in [0, 0.05) is 30.3 Å². The molecule has 1 aromatic carbocycles. The summed E-state index contributed by atoms with van der Waals surface area (Å²) >= 11 is 0. The average molecular weight is 463 g/mol. The first-order chi connectivity index (χ1) is 16.3. The lowest BCUT2D eigenvalue weighted by molar-refractivity contribution is -0.131. The van der Waals surface area contributed by atoms with Crippen molar-refractivity contribution in [3.8, 4) is 6.07 Å². The molecule has 1 fully saturated rings. The number of carbonyl (C=O) groups excluding carboxylic acids is 2. The fourth-order valence-electron chi connectivity index (χ4n) is 3.77.